The molecule has 0 atom stereocenters. The molecular formula is C14H18N2O5. The molecule has 21 heavy (non-hydrogen) atoms. The monoisotopic (exact) mass is 294 g/mol. The largest absolute Gasteiger partial charge is 0.480 e. The number of carbonyl (C=O) groups is 3. The Kier molecular flexibility index (Phi) is 4.91. The second-order valence-corrected chi connectivity index (χ2v) is 5.34. The maximum absolute atomic E-state index is 12.2. The van der Waals surface area contributed by atoms with E-state index in [2.05, 4.69) is 0 Å². The van der Waals surface area contributed by atoms with E-state index < -0.39 is 30.1 Å². The topological polar surface area (TPSA) is 110 Å². The van der Waals surface area contributed by atoms with Gasteiger partial charge in [-0.2, -0.15) is 0 Å². The highest BCUT2D eigenvalue weighted by Crippen LogP contribution is 2.22. The molecule has 0 saturated heterocycles. The number of carboxylic acid groups (broad SMARTS) is 1. The van der Waals surface area contributed by atoms with Crippen LogP contribution in [0.3, 0.4) is 0 Å². The van der Waals surface area contributed by atoms with Crippen LogP contribution >= 0.6 is 0 Å². The zero-order valence-electron chi connectivity index (χ0n) is 12.1. The van der Waals surface area contributed by atoms with Crippen LogP contribution in [0.1, 0.15) is 31.1 Å². The van der Waals surface area contributed by atoms with E-state index in [1.165, 1.54) is 12.1 Å². The van der Waals surface area contributed by atoms with Crippen LogP contribution in [0, 0.1) is 0 Å². The van der Waals surface area contributed by atoms with Crippen molar-refractivity contribution in [2.24, 2.45) is 5.73 Å². The van der Waals surface area contributed by atoms with Crippen LogP contribution in [0.5, 0.6) is 0 Å². The number of nitrogens with zero attached hydrogens (tertiary/aromatic N) is 1. The van der Waals surface area contributed by atoms with Gasteiger partial charge in [0.25, 0.3) is 5.91 Å². The Labute approximate surface area is 122 Å². The van der Waals surface area contributed by atoms with Gasteiger partial charge in [0.1, 0.15) is 12.1 Å². The smallest absolute Gasteiger partial charge is 0.415 e. The van der Waals surface area contributed by atoms with Crippen molar-refractivity contribution >= 4 is 23.7 Å². The number of carbonyl (C=O) groups excluding carboxylic acids is 2. The summed E-state index contributed by atoms with van der Waals surface area (Å²) in [6.45, 7) is 4.33. The zero-order valence-corrected chi connectivity index (χ0v) is 12.1. The number of benzene rings is 1. The van der Waals surface area contributed by atoms with Gasteiger partial charge in [-0.3, -0.25) is 14.5 Å². The van der Waals surface area contributed by atoms with E-state index in [0.29, 0.717) is 0 Å². The van der Waals surface area contributed by atoms with Crippen molar-refractivity contribution in [1.29, 1.82) is 0 Å². The molecule has 1 rings (SSSR count). The Morgan fingerprint density at radius 1 is 1.24 bits per heavy atom. The Morgan fingerprint density at radius 3 is 2.29 bits per heavy atom. The molecule has 0 heterocycles. The number of hydrogen-bond donors (Lipinski definition) is 2. The second-order valence-electron chi connectivity index (χ2n) is 5.34. The molecular weight excluding hydrogens is 276 g/mol. The molecule has 114 valence electrons. The van der Waals surface area contributed by atoms with Gasteiger partial charge in [-0.15, -0.1) is 0 Å². The fourth-order valence-electron chi connectivity index (χ4n) is 1.62. The van der Waals surface area contributed by atoms with Crippen molar-refractivity contribution in [2.75, 3.05) is 11.4 Å². The molecule has 0 spiro atoms. The third-order valence-corrected chi connectivity index (χ3v) is 2.37. The highest BCUT2D eigenvalue weighted by molar-refractivity contribution is 6.04. The number of primary amides is 1. The average molecular weight is 294 g/mol. The summed E-state index contributed by atoms with van der Waals surface area (Å²) < 4.78 is 5.16. The van der Waals surface area contributed by atoms with Gasteiger partial charge in [0.15, 0.2) is 0 Å². The van der Waals surface area contributed by atoms with Gasteiger partial charge < -0.3 is 15.6 Å². The van der Waals surface area contributed by atoms with E-state index in [4.69, 9.17) is 15.6 Å². The molecule has 7 heteroatoms. The molecule has 0 aliphatic carbocycles. The number of rotatable bonds is 4. The fourth-order valence-corrected chi connectivity index (χ4v) is 1.62. The van der Waals surface area contributed by atoms with E-state index >= 15 is 0 Å². The minimum absolute atomic E-state index is 0.0459. The van der Waals surface area contributed by atoms with Crippen LogP contribution in [0.4, 0.5) is 10.5 Å². The first-order valence-corrected chi connectivity index (χ1v) is 6.23. The molecule has 0 aromatic heterocycles. The summed E-state index contributed by atoms with van der Waals surface area (Å²) in [7, 11) is 0. The van der Waals surface area contributed by atoms with Crippen molar-refractivity contribution in [3.63, 3.8) is 0 Å². The first-order valence-electron chi connectivity index (χ1n) is 6.23. The van der Waals surface area contributed by atoms with Crippen molar-refractivity contribution in [2.45, 2.75) is 26.4 Å². The van der Waals surface area contributed by atoms with Crippen LogP contribution in [0.15, 0.2) is 24.3 Å². The number of anilines is 1. The summed E-state index contributed by atoms with van der Waals surface area (Å²) in [5.74, 6) is -2.00. The fraction of sp³-hybridized carbons (Fsp3) is 0.357. The van der Waals surface area contributed by atoms with E-state index in [-0.39, 0.29) is 11.3 Å². The van der Waals surface area contributed by atoms with Crippen molar-refractivity contribution in [3.8, 4) is 0 Å². The van der Waals surface area contributed by atoms with Gasteiger partial charge in [-0.05, 0) is 32.9 Å². The number of aliphatic carboxylic acids is 1. The molecule has 0 bridgehead atoms. The number of para-hydroxylation sites is 1. The van der Waals surface area contributed by atoms with Crippen LogP contribution < -0.4 is 10.6 Å². The number of carboxylic acids is 1. The van der Waals surface area contributed by atoms with Gasteiger partial charge in [-0.1, -0.05) is 12.1 Å². The highest BCUT2D eigenvalue weighted by Gasteiger charge is 2.27. The molecule has 0 saturated carbocycles. The quantitative estimate of drug-likeness (QED) is 0.876. The normalized spacial score (nSPS) is 10.8. The highest BCUT2D eigenvalue weighted by atomic mass is 16.6. The lowest BCUT2D eigenvalue weighted by Crippen LogP contribution is -2.41. The van der Waals surface area contributed by atoms with Crippen molar-refractivity contribution in [1.82, 2.24) is 0 Å². The number of ether oxygens (including phenoxy) is 1. The Morgan fingerprint density at radius 2 is 1.81 bits per heavy atom. The molecule has 7 nitrogen and oxygen atoms in total. The Bertz CT molecular complexity index is 563. The molecule has 0 aliphatic rings. The molecule has 2 amide bonds. The van der Waals surface area contributed by atoms with Gasteiger partial charge in [0, 0.05) is 0 Å². The van der Waals surface area contributed by atoms with Crippen LogP contribution in [0.2, 0.25) is 0 Å². The Hall–Kier alpha value is -2.57. The summed E-state index contributed by atoms with van der Waals surface area (Å²) >= 11 is 0. The van der Waals surface area contributed by atoms with E-state index in [1.54, 1.807) is 32.9 Å². The van der Waals surface area contributed by atoms with Crippen LogP contribution in [-0.2, 0) is 9.53 Å². The first kappa shape index (κ1) is 16.5. The van der Waals surface area contributed by atoms with Crippen molar-refractivity contribution in [3.05, 3.63) is 29.8 Å². The lowest BCUT2D eigenvalue weighted by molar-refractivity contribution is -0.135. The molecule has 0 radical (unpaired) electrons. The maximum Gasteiger partial charge on any atom is 0.415 e. The van der Waals surface area contributed by atoms with Gasteiger partial charge in [0.05, 0.1) is 11.3 Å². The lowest BCUT2D eigenvalue weighted by Gasteiger charge is -2.27. The summed E-state index contributed by atoms with van der Waals surface area (Å²) in [4.78, 5) is 35.4. The maximum atomic E-state index is 12.2. The van der Waals surface area contributed by atoms with Crippen LogP contribution in [-0.4, -0.2) is 35.2 Å². The third-order valence-electron chi connectivity index (χ3n) is 2.37. The molecule has 0 unspecified atom stereocenters. The van der Waals surface area contributed by atoms with Crippen LogP contribution in [0.25, 0.3) is 0 Å². The molecule has 3 N–H and O–H groups in total. The number of hydrogen-bond acceptors (Lipinski definition) is 4. The summed E-state index contributed by atoms with van der Waals surface area (Å²) in [6.07, 6.45) is -0.862. The van der Waals surface area contributed by atoms with Gasteiger partial charge >= 0.3 is 12.1 Å². The molecule has 0 aliphatic heterocycles. The number of nitrogens with two attached hydrogens (primary N) is 1. The SMILES string of the molecule is CC(C)(C)OC(=O)N(CC(=O)O)c1ccccc1C(N)=O. The molecule has 0 fully saturated rings. The standard InChI is InChI=1S/C14H18N2O5/c1-14(2,3)21-13(20)16(8-11(17)18)10-7-5-4-6-9(10)12(15)19/h4-7H,8H2,1-3H3,(H2,15,19)(H,17,18). The first-order chi connectivity index (χ1) is 9.61. The minimum atomic E-state index is -1.24. The van der Waals surface area contributed by atoms with E-state index in [1.807, 2.05) is 0 Å². The Balaban J connectivity index is 3.23. The van der Waals surface area contributed by atoms with E-state index in [0.717, 1.165) is 4.90 Å². The predicted molar refractivity (Wildman–Crippen MR) is 76.2 cm³/mol. The second kappa shape index (κ2) is 6.25. The minimum Gasteiger partial charge on any atom is -0.480 e. The molecule has 1 aromatic carbocycles. The summed E-state index contributed by atoms with van der Waals surface area (Å²) in [5, 5.41) is 8.96. The van der Waals surface area contributed by atoms with E-state index in [9.17, 15) is 14.4 Å². The zero-order chi connectivity index (χ0) is 16.2. The van der Waals surface area contributed by atoms with Gasteiger partial charge in [0.2, 0.25) is 0 Å². The summed E-state index contributed by atoms with van der Waals surface area (Å²) in [6, 6.07) is 5.99. The van der Waals surface area contributed by atoms with Crippen molar-refractivity contribution < 1.29 is 24.2 Å². The number of amides is 2. The average Bonchev–Trinajstić information content (AvgIpc) is 2.33. The third kappa shape index (κ3) is 4.79. The lowest BCUT2D eigenvalue weighted by atomic mass is 10.1. The molecule has 1 aromatic rings. The predicted octanol–water partition coefficient (Wildman–Crippen LogP) is 1.61. The van der Waals surface area contributed by atoms with Gasteiger partial charge in [-0.25, -0.2) is 4.79 Å². The summed E-state index contributed by atoms with van der Waals surface area (Å²) in [5.41, 5.74) is 4.59.